The van der Waals surface area contributed by atoms with Gasteiger partial charge in [-0.2, -0.15) is 0 Å². The summed E-state index contributed by atoms with van der Waals surface area (Å²) in [6, 6.07) is 8.99. The van der Waals surface area contributed by atoms with Crippen molar-refractivity contribution in [3.63, 3.8) is 0 Å². The van der Waals surface area contributed by atoms with Crippen LogP contribution in [0.3, 0.4) is 0 Å². The number of benzene rings is 1. The number of furan rings is 1. The van der Waals surface area contributed by atoms with Crippen molar-refractivity contribution in [3.05, 3.63) is 47.2 Å². The first-order chi connectivity index (χ1) is 16.0. The molecule has 1 fully saturated rings. The smallest absolute Gasteiger partial charge is 0.289 e. The summed E-state index contributed by atoms with van der Waals surface area (Å²) in [5.74, 6) is 2.15. The normalized spacial score (nSPS) is 14.2. The predicted molar refractivity (Wildman–Crippen MR) is 125 cm³/mol. The minimum absolute atomic E-state index is 0.114. The van der Waals surface area contributed by atoms with E-state index >= 15 is 0 Å². The number of methoxy groups -OCH3 is 2. The number of aromatic nitrogens is 1. The van der Waals surface area contributed by atoms with Crippen LogP contribution in [0.1, 0.15) is 16.3 Å². The van der Waals surface area contributed by atoms with Gasteiger partial charge in [-0.1, -0.05) is 0 Å². The average molecular weight is 471 g/mol. The van der Waals surface area contributed by atoms with Crippen LogP contribution in [-0.4, -0.2) is 73.5 Å². The summed E-state index contributed by atoms with van der Waals surface area (Å²) >= 11 is 1.36. The number of rotatable bonds is 7. The Morgan fingerprint density at radius 1 is 1.12 bits per heavy atom. The van der Waals surface area contributed by atoms with E-state index in [9.17, 15) is 9.59 Å². The molecule has 1 aliphatic rings. The number of thiazole rings is 1. The number of anilines is 1. The van der Waals surface area contributed by atoms with Crippen LogP contribution < -0.4 is 14.8 Å². The first-order valence-electron chi connectivity index (χ1n) is 10.5. The number of hydrogen-bond donors (Lipinski definition) is 1. The monoisotopic (exact) mass is 470 g/mol. The van der Waals surface area contributed by atoms with Gasteiger partial charge in [0.15, 0.2) is 10.9 Å². The third-order valence-electron chi connectivity index (χ3n) is 5.41. The second-order valence-corrected chi connectivity index (χ2v) is 8.49. The number of carbonyl (C=O) groups excluding carboxylic acids is 2. The molecular formula is C23H26N4O5S. The maximum atomic E-state index is 12.5. The van der Waals surface area contributed by atoms with Crippen molar-refractivity contribution in [1.82, 2.24) is 14.8 Å². The minimum atomic E-state index is -0.140. The molecule has 2 aromatic heterocycles. The van der Waals surface area contributed by atoms with Crippen LogP contribution in [0.2, 0.25) is 0 Å². The van der Waals surface area contributed by atoms with Gasteiger partial charge in [0.2, 0.25) is 5.91 Å². The van der Waals surface area contributed by atoms with Gasteiger partial charge in [-0.15, -0.1) is 11.3 Å². The van der Waals surface area contributed by atoms with Gasteiger partial charge in [-0.3, -0.25) is 14.5 Å². The van der Waals surface area contributed by atoms with Gasteiger partial charge >= 0.3 is 0 Å². The second kappa shape index (κ2) is 10.1. The van der Waals surface area contributed by atoms with E-state index in [1.165, 1.54) is 11.3 Å². The molecule has 3 aromatic rings. The molecule has 4 rings (SSSR count). The lowest BCUT2D eigenvalue weighted by molar-refractivity contribution is -0.117. The van der Waals surface area contributed by atoms with Gasteiger partial charge in [0, 0.05) is 43.2 Å². The molecule has 174 valence electrons. The Morgan fingerprint density at radius 3 is 2.58 bits per heavy atom. The zero-order valence-corrected chi connectivity index (χ0v) is 19.6. The first kappa shape index (κ1) is 22.8. The van der Waals surface area contributed by atoms with E-state index in [2.05, 4.69) is 10.3 Å². The summed E-state index contributed by atoms with van der Waals surface area (Å²) < 4.78 is 16.1. The highest BCUT2D eigenvalue weighted by Gasteiger charge is 2.25. The molecule has 3 heterocycles. The van der Waals surface area contributed by atoms with Gasteiger partial charge < -0.3 is 24.1 Å². The van der Waals surface area contributed by atoms with Gasteiger partial charge in [0.25, 0.3) is 5.91 Å². The average Bonchev–Trinajstić information content (AvgIpc) is 3.47. The van der Waals surface area contributed by atoms with Crippen molar-refractivity contribution in [2.45, 2.75) is 6.92 Å². The van der Waals surface area contributed by atoms with Crippen molar-refractivity contribution >= 4 is 28.3 Å². The third kappa shape index (κ3) is 5.35. The van der Waals surface area contributed by atoms with Crippen LogP contribution >= 0.6 is 11.3 Å². The number of nitrogens with zero attached hydrogens (tertiary/aromatic N) is 3. The highest BCUT2D eigenvalue weighted by atomic mass is 32.1. The highest BCUT2D eigenvalue weighted by Crippen LogP contribution is 2.34. The summed E-state index contributed by atoms with van der Waals surface area (Å²) in [6.07, 6.45) is 0. The fourth-order valence-electron chi connectivity index (χ4n) is 3.64. The standard InChI is InChI=1S/C23H26N4O5S/c1-15-4-7-19(32-15)22(29)27-10-8-26(9-11-27)13-21(28)25-23-24-18(14-33-23)17-6-5-16(30-2)12-20(17)31-3/h4-7,12,14H,8-11,13H2,1-3H3,(H,24,25,28). The maximum absolute atomic E-state index is 12.5. The van der Waals surface area contributed by atoms with E-state index in [-0.39, 0.29) is 18.4 Å². The lowest BCUT2D eigenvalue weighted by atomic mass is 10.1. The number of ether oxygens (including phenoxy) is 2. The molecule has 0 atom stereocenters. The summed E-state index contributed by atoms with van der Waals surface area (Å²) in [5, 5.41) is 5.27. The van der Waals surface area contributed by atoms with Crippen molar-refractivity contribution in [1.29, 1.82) is 0 Å². The summed E-state index contributed by atoms with van der Waals surface area (Å²) in [7, 11) is 3.19. The number of carbonyl (C=O) groups is 2. The van der Waals surface area contributed by atoms with E-state index < -0.39 is 0 Å². The van der Waals surface area contributed by atoms with Crippen molar-refractivity contribution in [2.24, 2.45) is 0 Å². The summed E-state index contributed by atoms with van der Waals surface area (Å²) in [6.45, 7) is 4.37. The molecule has 1 saturated heterocycles. The molecular weight excluding hydrogens is 444 g/mol. The third-order valence-corrected chi connectivity index (χ3v) is 6.17. The van der Waals surface area contributed by atoms with E-state index in [1.54, 1.807) is 37.3 Å². The predicted octanol–water partition coefficient (Wildman–Crippen LogP) is 3.13. The summed E-state index contributed by atoms with van der Waals surface area (Å²) in [4.78, 5) is 33.4. The summed E-state index contributed by atoms with van der Waals surface area (Å²) in [5.41, 5.74) is 1.54. The Morgan fingerprint density at radius 2 is 1.91 bits per heavy atom. The van der Waals surface area contributed by atoms with Crippen LogP contribution in [0.25, 0.3) is 11.3 Å². The number of nitrogens with one attached hydrogen (secondary N) is 1. The van der Waals surface area contributed by atoms with Crippen LogP contribution in [-0.2, 0) is 4.79 Å². The highest BCUT2D eigenvalue weighted by molar-refractivity contribution is 7.14. The second-order valence-electron chi connectivity index (χ2n) is 7.63. The Hall–Kier alpha value is -3.37. The van der Waals surface area contributed by atoms with Crippen LogP contribution in [0, 0.1) is 6.92 Å². The number of piperazine rings is 1. The molecule has 0 saturated carbocycles. The quantitative estimate of drug-likeness (QED) is 0.567. The van der Waals surface area contributed by atoms with E-state index in [0.29, 0.717) is 54.3 Å². The Kier molecular flexibility index (Phi) is 6.95. The first-order valence-corrected chi connectivity index (χ1v) is 11.4. The van der Waals surface area contributed by atoms with Gasteiger partial charge in [0.05, 0.1) is 26.5 Å². The maximum Gasteiger partial charge on any atom is 0.289 e. The van der Waals surface area contributed by atoms with Crippen LogP contribution in [0.4, 0.5) is 5.13 Å². The SMILES string of the molecule is COc1ccc(-c2csc(NC(=O)CN3CCN(C(=O)c4ccc(C)o4)CC3)n2)c(OC)c1. The van der Waals surface area contributed by atoms with Crippen LogP contribution in [0.5, 0.6) is 11.5 Å². The molecule has 0 unspecified atom stereocenters. The molecule has 0 radical (unpaired) electrons. The van der Waals surface area contributed by atoms with Gasteiger partial charge in [-0.25, -0.2) is 4.98 Å². The van der Waals surface area contributed by atoms with E-state index in [0.717, 1.165) is 11.3 Å². The molecule has 9 nitrogen and oxygen atoms in total. The van der Waals surface area contributed by atoms with Gasteiger partial charge in [0.1, 0.15) is 17.3 Å². The van der Waals surface area contributed by atoms with Crippen molar-refractivity contribution < 1.29 is 23.5 Å². The van der Waals surface area contributed by atoms with Crippen molar-refractivity contribution in [3.8, 4) is 22.8 Å². The molecule has 1 aromatic carbocycles. The number of aryl methyl sites for hydroxylation is 1. The Balaban J connectivity index is 1.30. The van der Waals surface area contributed by atoms with Crippen LogP contribution in [0.15, 0.2) is 40.1 Å². The molecule has 1 aliphatic heterocycles. The zero-order chi connectivity index (χ0) is 23.4. The number of amides is 2. The molecule has 1 N–H and O–H groups in total. The molecule has 0 aliphatic carbocycles. The Bertz CT molecular complexity index is 1130. The molecule has 0 bridgehead atoms. The lowest BCUT2D eigenvalue weighted by Gasteiger charge is -2.33. The zero-order valence-electron chi connectivity index (χ0n) is 18.8. The van der Waals surface area contributed by atoms with E-state index in [1.807, 2.05) is 29.3 Å². The molecule has 2 amide bonds. The van der Waals surface area contributed by atoms with Crippen molar-refractivity contribution in [2.75, 3.05) is 52.3 Å². The van der Waals surface area contributed by atoms with E-state index in [4.69, 9.17) is 13.9 Å². The topological polar surface area (TPSA) is 97.1 Å². The van der Waals surface area contributed by atoms with Gasteiger partial charge in [-0.05, 0) is 31.2 Å². The molecule has 0 spiro atoms. The largest absolute Gasteiger partial charge is 0.497 e. The fraction of sp³-hybridized carbons (Fsp3) is 0.348. The number of hydrogen-bond acceptors (Lipinski definition) is 8. The fourth-order valence-corrected chi connectivity index (χ4v) is 4.37. The Labute approximate surface area is 195 Å². The minimum Gasteiger partial charge on any atom is -0.497 e. The lowest BCUT2D eigenvalue weighted by Crippen LogP contribution is -2.50. The molecule has 10 heteroatoms. The molecule has 33 heavy (non-hydrogen) atoms.